The van der Waals surface area contributed by atoms with Gasteiger partial charge in [-0.15, -0.1) is 0 Å². The van der Waals surface area contributed by atoms with E-state index in [0.717, 1.165) is 5.69 Å². The van der Waals surface area contributed by atoms with Gasteiger partial charge in [0, 0.05) is 16.9 Å². The average molecular weight is 275 g/mol. The summed E-state index contributed by atoms with van der Waals surface area (Å²) in [6, 6.07) is 2.90. The minimum atomic E-state index is -0.651. The lowest BCUT2D eigenvalue weighted by atomic mass is 10.2. The molecule has 0 radical (unpaired) electrons. The molecule has 0 aromatic heterocycles. The number of aliphatic hydroxyl groups excluding tert-OH is 1. The highest BCUT2D eigenvalue weighted by atomic mass is 79.9. The van der Waals surface area contributed by atoms with Crippen LogP contribution in [0.2, 0.25) is 0 Å². The fraction of sp³-hybridized carbons (Fsp3) is 0.400. The van der Waals surface area contributed by atoms with Gasteiger partial charge in [0.2, 0.25) is 0 Å². The lowest BCUT2D eigenvalue weighted by Gasteiger charge is -2.13. The predicted octanol–water partition coefficient (Wildman–Crippen LogP) is 2.52. The second-order valence-electron chi connectivity index (χ2n) is 3.75. The van der Waals surface area contributed by atoms with Gasteiger partial charge in [0.05, 0.1) is 11.4 Å². The van der Waals surface area contributed by atoms with Gasteiger partial charge in [-0.1, -0.05) is 0 Å². The number of halogens is 2. The Morgan fingerprint density at radius 3 is 2.93 bits per heavy atom. The van der Waals surface area contributed by atoms with E-state index in [9.17, 15) is 9.50 Å². The molecule has 0 bridgehead atoms. The Morgan fingerprint density at radius 1 is 1.47 bits per heavy atom. The van der Waals surface area contributed by atoms with E-state index in [4.69, 9.17) is 0 Å². The molecule has 82 valence electrons. The van der Waals surface area contributed by atoms with E-state index in [0.29, 0.717) is 16.6 Å². The first kappa shape index (κ1) is 10.7. The zero-order valence-electron chi connectivity index (χ0n) is 8.22. The van der Waals surface area contributed by atoms with Crippen LogP contribution in [0.15, 0.2) is 16.6 Å². The molecule has 0 saturated heterocycles. The standard InChI is InChI=1S/C10H12BrFN2O/c1-5-2-9(15)14-8-4-6(12)3-7(11)10(8)13-5/h3-5,9,13-15H,2H2,1H3/t5-,9?/m1/s1. The quantitative estimate of drug-likeness (QED) is 0.681. The number of hydrogen-bond acceptors (Lipinski definition) is 3. The number of nitrogens with one attached hydrogen (secondary N) is 2. The van der Waals surface area contributed by atoms with Crippen molar-refractivity contribution in [3.8, 4) is 0 Å². The third-order valence-electron chi connectivity index (χ3n) is 2.34. The molecule has 0 saturated carbocycles. The van der Waals surface area contributed by atoms with Gasteiger partial charge in [0.15, 0.2) is 0 Å². The maximum Gasteiger partial charge on any atom is 0.126 e. The van der Waals surface area contributed by atoms with Crippen molar-refractivity contribution in [3.05, 3.63) is 22.4 Å². The second kappa shape index (κ2) is 3.98. The van der Waals surface area contributed by atoms with Crippen molar-refractivity contribution < 1.29 is 9.50 Å². The van der Waals surface area contributed by atoms with E-state index in [1.807, 2.05) is 6.92 Å². The first-order valence-electron chi connectivity index (χ1n) is 4.76. The first-order chi connectivity index (χ1) is 7.06. The Morgan fingerprint density at radius 2 is 2.20 bits per heavy atom. The second-order valence-corrected chi connectivity index (χ2v) is 4.61. The largest absolute Gasteiger partial charge is 0.380 e. The van der Waals surface area contributed by atoms with Crippen LogP contribution in [0, 0.1) is 5.82 Å². The molecule has 1 aromatic rings. The van der Waals surface area contributed by atoms with Gasteiger partial charge < -0.3 is 15.7 Å². The molecular formula is C10H12BrFN2O. The molecule has 3 N–H and O–H groups in total. The van der Waals surface area contributed by atoms with E-state index in [2.05, 4.69) is 26.6 Å². The Kier molecular flexibility index (Phi) is 2.84. The minimum Gasteiger partial charge on any atom is -0.380 e. The summed E-state index contributed by atoms with van der Waals surface area (Å²) in [5, 5.41) is 15.7. The van der Waals surface area contributed by atoms with Crippen LogP contribution >= 0.6 is 15.9 Å². The molecular weight excluding hydrogens is 263 g/mol. The fourth-order valence-corrected chi connectivity index (χ4v) is 2.26. The molecule has 0 spiro atoms. The fourth-order valence-electron chi connectivity index (χ4n) is 1.71. The summed E-state index contributed by atoms with van der Waals surface area (Å²) in [4.78, 5) is 0. The van der Waals surface area contributed by atoms with Gasteiger partial charge in [-0.3, -0.25) is 0 Å². The summed E-state index contributed by atoms with van der Waals surface area (Å²) >= 11 is 3.29. The third kappa shape index (κ3) is 2.23. The van der Waals surface area contributed by atoms with Gasteiger partial charge in [0.1, 0.15) is 12.0 Å². The van der Waals surface area contributed by atoms with E-state index < -0.39 is 6.23 Å². The number of hydrogen-bond donors (Lipinski definition) is 3. The molecule has 1 unspecified atom stereocenters. The van der Waals surface area contributed by atoms with Crippen LogP contribution in [0.5, 0.6) is 0 Å². The highest BCUT2D eigenvalue weighted by Gasteiger charge is 2.20. The number of rotatable bonds is 0. The molecule has 15 heavy (non-hydrogen) atoms. The van der Waals surface area contributed by atoms with Crippen molar-refractivity contribution >= 4 is 27.3 Å². The van der Waals surface area contributed by atoms with Crippen LogP contribution in [-0.4, -0.2) is 17.4 Å². The zero-order chi connectivity index (χ0) is 11.0. The zero-order valence-corrected chi connectivity index (χ0v) is 9.81. The van der Waals surface area contributed by atoms with Crippen LogP contribution in [-0.2, 0) is 0 Å². The van der Waals surface area contributed by atoms with E-state index in [1.54, 1.807) is 0 Å². The van der Waals surface area contributed by atoms with Gasteiger partial charge in [-0.2, -0.15) is 0 Å². The van der Waals surface area contributed by atoms with Gasteiger partial charge in [-0.25, -0.2) is 4.39 Å². The number of fused-ring (bicyclic) bond motifs is 1. The van der Waals surface area contributed by atoms with Gasteiger partial charge >= 0.3 is 0 Å². The number of anilines is 2. The lowest BCUT2D eigenvalue weighted by Crippen LogP contribution is -2.23. The van der Waals surface area contributed by atoms with Crippen molar-refractivity contribution in [2.24, 2.45) is 0 Å². The van der Waals surface area contributed by atoms with Crippen LogP contribution in [0.25, 0.3) is 0 Å². The Bertz CT molecular complexity index is 386. The van der Waals surface area contributed by atoms with Crippen molar-refractivity contribution in [2.75, 3.05) is 10.6 Å². The molecule has 2 rings (SSSR count). The van der Waals surface area contributed by atoms with Gasteiger partial charge in [0.25, 0.3) is 0 Å². The highest BCUT2D eigenvalue weighted by Crippen LogP contribution is 2.35. The maximum absolute atomic E-state index is 13.1. The van der Waals surface area contributed by atoms with Crippen molar-refractivity contribution in [1.82, 2.24) is 0 Å². The molecule has 2 atom stereocenters. The Balaban J connectivity index is 2.46. The summed E-state index contributed by atoms with van der Waals surface area (Å²) in [5.41, 5.74) is 1.37. The highest BCUT2D eigenvalue weighted by molar-refractivity contribution is 9.10. The minimum absolute atomic E-state index is 0.135. The average Bonchev–Trinajstić information content (AvgIpc) is 2.22. The predicted molar refractivity (Wildman–Crippen MR) is 61.4 cm³/mol. The van der Waals surface area contributed by atoms with Crippen LogP contribution in [0.4, 0.5) is 15.8 Å². The van der Waals surface area contributed by atoms with Crippen LogP contribution < -0.4 is 10.6 Å². The summed E-state index contributed by atoms with van der Waals surface area (Å²) in [7, 11) is 0. The molecule has 3 nitrogen and oxygen atoms in total. The molecule has 0 aliphatic carbocycles. The number of aliphatic hydroxyl groups is 1. The molecule has 5 heteroatoms. The molecule has 0 fully saturated rings. The van der Waals surface area contributed by atoms with E-state index in [1.165, 1.54) is 12.1 Å². The lowest BCUT2D eigenvalue weighted by molar-refractivity contribution is 0.190. The van der Waals surface area contributed by atoms with Crippen molar-refractivity contribution in [1.29, 1.82) is 0 Å². The summed E-state index contributed by atoms with van der Waals surface area (Å²) < 4.78 is 13.8. The Labute approximate surface area is 95.8 Å². The molecule has 1 heterocycles. The first-order valence-corrected chi connectivity index (χ1v) is 5.56. The normalized spacial score (nSPS) is 24.8. The SMILES string of the molecule is C[C@@H]1CC(O)Nc2cc(F)cc(Br)c2N1. The summed E-state index contributed by atoms with van der Waals surface area (Å²) in [6.45, 7) is 1.97. The van der Waals surface area contributed by atoms with E-state index >= 15 is 0 Å². The van der Waals surface area contributed by atoms with Crippen LogP contribution in [0.3, 0.4) is 0 Å². The number of benzene rings is 1. The maximum atomic E-state index is 13.1. The Hall–Kier alpha value is -0.810. The molecule has 1 aliphatic heterocycles. The van der Waals surface area contributed by atoms with Gasteiger partial charge in [-0.05, 0) is 35.0 Å². The summed E-state index contributed by atoms with van der Waals surface area (Å²) in [5.74, 6) is -0.336. The summed E-state index contributed by atoms with van der Waals surface area (Å²) in [6.07, 6.45) is -0.0783. The third-order valence-corrected chi connectivity index (χ3v) is 2.97. The topological polar surface area (TPSA) is 44.3 Å². The monoisotopic (exact) mass is 274 g/mol. The smallest absolute Gasteiger partial charge is 0.126 e. The molecule has 0 amide bonds. The van der Waals surface area contributed by atoms with Crippen molar-refractivity contribution in [2.45, 2.75) is 25.6 Å². The van der Waals surface area contributed by atoms with Crippen LogP contribution in [0.1, 0.15) is 13.3 Å². The molecule has 1 aliphatic rings. The molecule has 1 aromatic carbocycles. The van der Waals surface area contributed by atoms with Crippen molar-refractivity contribution in [3.63, 3.8) is 0 Å². The van der Waals surface area contributed by atoms with E-state index in [-0.39, 0.29) is 11.9 Å².